The fraction of sp³-hybridized carbons (Fsp3) is 0.391. The molecule has 316 valence electrons. The molecule has 1 saturated carbocycles. The van der Waals surface area contributed by atoms with Crippen molar-refractivity contribution in [1.29, 1.82) is 0 Å². The molecule has 15 nitrogen and oxygen atoms in total. The van der Waals surface area contributed by atoms with Crippen molar-refractivity contribution in [2.75, 3.05) is 13.1 Å². The summed E-state index contributed by atoms with van der Waals surface area (Å²) in [6.45, 7) is 0.480. The normalized spacial score (nSPS) is 24.8. The van der Waals surface area contributed by atoms with Gasteiger partial charge in [-0.05, 0) is 66.6 Å². The van der Waals surface area contributed by atoms with Gasteiger partial charge in [0.05, 0.1) is 0 Å². The lowest BCUT2D eigenvalue weighted by atomic mass is 9.90. The third kappa shape index (κ3) is 7.62. The highest BCUT2D eigenvalue weighted by atomic mass is 16.2. The van der Waals surface area contributed by atoms with Crippen molar-refractivity contribution in [3.63, 3.8) is 0 Å². The monoisotopic (exact) mass is 825 g/mol. The van der Waals surface area contributed by atoms with Crippen LogP contribution in [-0.4, -0.2) is 104 Å². The van der Waals surface area contributed by atoms with E-state index in [0.29, 0.717) is 32.1 Å². The largest absolute Gasteiger partial charge is 0.361 e. The predicted octanol–water partition coefficient (Wildman–Crippen LogP) is 2.23. The van der Waals surface area contributed by atoms with Crippen LogP contribution >= 0.6 is 0 Å². The van der Waals surface area contributed by atoms with E-state index in [0.717, 1.165) is 44.1 Å². The number of fused-ring (bicyclic) bond motifs is 5. The smallest absolute Gasteiger partial charge is 0.246 e. The van der Waals surface area contributed by atoms with Crippen LogP contribution < -0.4 is 27.0 Å². The van der Waals surface area contributed by atoms with Crippen molar-refractivity contribution < 1.29 is 28.8 Å². The summed E-state index contributed by atoms with van der Waals surface area (Å²) in [6, 6.07) is 17.7. The zero-order chi connectivity index (χ0) is 42.3. The van der Waals surface area contributed by atoms with Gasteiger partial charge in [-0.25, -0.2) is 0 Å². The first kappa shape index (κ1) is 40.0. The SMILES string of the molecule is NCC[C@@H]1NC(=O)[C@H](Cc2c[nH]c3ccccc23)NC(=O)C2(CCCC2)NC(=O)[C@H](Cc2c[nH]c3ccccc23)NC(=O)[C@H]2Cc3ccccc3CN2C(=O)[C@H]2CCN2C1=O. The van der Waals surface area contributed by atoms with Crippen molar-refractivity contribution in [1.82, 2.24) is 41.0 Å². The molecule has 3 aliphatic heterocycles. The Balaban J connectivity index is 1.11. The summed E-state index contributed by atoms with van der Waals surface area (Å²) >= 11 is 0. The molecular weight excluding hydrogens is 775 g/mol. The first-order valence-electron chi connectivity index (χ1n) is 21.3. The van der Waals surface area contributed by atoms with Crippen molar-refractivity contribution in [2.45, 2.75) is 100 Å². The number of amides is 6. The van der Waals surface area contributed by atoms with Crippen LogP contribution in [0.4, 0.5) is 0 Å². The third-order valence-corrected chi connectivity index (χ3v) is 13.2. The summed E-state index contributed by atoms with van der Waals surface area (Å²) in [4.78, 5) is 97.3. The second-order valence-corrected chi connectivity index (χ2v) is 16.9. The summed E-state index contributed by atoms with van der Waals surface area (Å²) in [5, 5.41) is 13.8. The van der Waals surface area contributed by atoms with E-state index in [1.807, 2.05) is 79.0 Å². The standard InChI is InChI=1S/C46H51N9O6/c47-19-15-35-43(59)54-20-16-38(54)44(60)55-26-28-10-2-1-9-27(28)23-39(55)42(58)51-37(22-30-25-49-34-14-6-4-12-32(30)34)41(57)53-46(17-7-8-18-46)45(61)52-36(40(56)50-35)21-29-24-48-33-13-5-3-11-31(29)33/h1-6,9-14,24-25,35-39,48-49H,7-8,15-23,26,47H2,(H,50,56)(H,51,58)(H,52,61)(H,53,57)/t35-,36-,37-,38+,39+/m0/s1. The molecule has 0 radical (unpaired) electrons. The van der Waals surface area contributed by atoms with E-state index in [9.17, 15) is 28.8 Å². The minimum atomic E-state index is -1.40. The van der Waals surface area contributed by atoms with Crippen molar-refractivity contribution >= 4 is 57.2 Å². The first-order chi connectivity index (χ1) is 29.6. The number of nitrogens with two attached hydrogens (primary N) is 1. The van der Waals surface area contributed by atoms with E-state index in [1.165, 1.54) is 9.80 Å². The number of aromatic amines is 2. The fourth-order valence-electron chi connectivity index (χ4n) is 9.72. The number of rotatable bonds is 6. The van der Waals surface area contributed by atoms with Crippen LogP contribution in [-0.2, 0) is 54.6 Å². The molecule has 61 heavy (non-hydrogen) atoms. The lowest BCUT2D eigenvalue weighted by Gasteiger charge is -2.46. The molecule has 0 unspecified atom stereocenters. The maximum atomic E-state index is 14.8. The van der Waals surface area contributed by atoms with Gasteiger partial charge in [0.1, 0.15) is 35.7 Å². The number of aromatic nitrogens is 2. The molecule has 5 heterocycles. The zero-order valence-corrected chi connectivity index (χ0v) is 33.9. The molecule has 5 atom stereocenters. The average Bonchev–Trinajstić information content (AvgIpc) is 4.01. The van der Waals surface area contributed by atoms with Crippen molar-refractivity contribution in [2.24, 2.45) is 5.73 Å². The van der Waals surface area contributed by atoms with Crippen LogP contribution in [0.15, 0.2) is 85.2 Å². The van der Waals surface area contributed by atoms with Gasteiger partial charge >= 0.3 is 0 Å². The van der Waals surface area contributed by atoms with Crippen LogP contribution in [0.5, 0.6) is 0 Å². The number of para-hydroxylation sites is 2. The molecular formula is C46H51N9O6. The zero-order valence-electron chi connectivity index (χ0n) is 33.9. The molecule has 8 N–H and O–H groups in total. The minimum Gasteiger partial charge on any atom is -0.361 e. The van der Waals surface area contributed by atoms with Crippen LogP contribution in [0.25, 0.3) is 21.8 Å². The summed E-state index contributed by atoms with van der Waals surface area (Å²) in [6.07, 6.45) is 6.36. The maximum Gasteiger partial charge on any atom is 0.246 e. The Morgan fingerprint density at radius 3 is 1.84 bits per heavy atom. The van der Waals surface area contributed by atoms with Gasteiger partial charge in [-0.1, -0.05) is 73.5 Å². The van der Waals surface area contributed by atoms with E-state index in [2.05, 4.69) is 31.2 Å². The predicted molar refractivity (Wildman–Crippen MR) is 227 cm³/mol. The van der Waals surface area contributed by atoms with Crippen molar-refractivity contribution in [3.8, 4) is 0 Å². The number of carbonyl (C=O) groups is 6. The molecule has 4 aliphatic rings. The molecule has 3 fully saturated rings. The summed E-state index contributed by atoms with van der Waals surface area (Å²) in [7, 11) is 0. The third-order valence-electron chi connectivity index (χ3n) is 13.2. The van der Waals surface area contributed by atoms with Gasteiger partial charge in [0, 0.05) is 66.6 Å². The van der Waals surface area contributed by atoms with E-state index >= 15 is 0 Å². The van der Waals surface area contributed by atoms with Crippen LogP contribution in [0.3, 0.4) is 0 Å². The molecule has 0 bridgehead atoms. The Morgan fingerprint density at radius 2 is 1.21 bits per heavy atom. The van der Waals surface area contributed by atoms with Crippen LogP contribution in [0, 0.1) is 0 Å². The van der Waals surface area contributed by atoms with Gasteiger partial charge in [0.15, 0.2) is 0 Å². The highest BCUT2D eigenvalue weighted by molar-refractivity contribution is 6.01. The van der Waals surface area contributed by atoms with E-state index in [4.69, 9.17) is 5.73 Å². The Kier molecular flexibility index (Phi) is 10.8. The lowest BCUT2D eigenvalue weighted by molar-refractivity contribution is -0.158. The maximum absolute atomic E-state index is 14.8. The van der Waals surface area contributed by atoms with Crippen LogP contribution in [0.1, 0.15) is 60.8 Å². The van der Waals surface area contributed by atoms with E-state index in [1.54, 1.807) is 6.20 Å². The topological polar surface area (TPSA) is 215 Å². The van der Waals surface area contributed by atoms with Gasteiger partial charge in [-0.2, -0.15) is 0 Å². The number of hydrogen-bond acceptors (Lipinski definition) is 7. The quantitative estimate of drug-likeness (QED) is 0.136. The number of benzene rings is 3. The van der Waals surface area contributed by atoms with Gasteiger partial charge in [0.25, 0.3) is 0 Å². The molecule has 6 amide bonds. The summed E-state index contributed by atoms with van der Waals surface area (Å²) < 4.78 is 0. The second kappa shape index (κ2) is 16.5. The summed E-state index contributed by atoms with van der Waals surface area (Å²) in [5.41, 5.74) is 9.70. The Morgan fingerprint density at radius 1 is 0.623 bits per heavy atom. The lowest BCUT2D eigenvalue weighted by Crippen LogP contribution is -2.68. The molecule has 3 aromatic carbocycles. The average molecular weight is 826 g/mol. The van der Waals surface area contributed by atoms with E-state index < -0.39 is 65.3 Å². The first-order valence-corrected chi connectivity index (χ1v) is 21.3. The van der Waals surface area contributed by atoms with Gasteiger partial charge in [-0.3, -0.25) is 28.8 Å². The molecule has 9 rings (SSSR count). The number of carbonyl (C=O) groups excluding carboxylic acids is 6. The molecule has 15 heteroatoms. The number of nitrogens with one attached hydrogen (secondary N) is 6. The van der Waals surface area contributed by atoms with Gasteiger partial charge in [0.2, 0.25) is 35.4 Å². The molecule has 5 aromatic rings. The molecule has 2 aromatic heterocycles. The minimum absolute atomic E-state index is 0.0721. The highest BCUT2D eigenvalue weighted by Gasteiger charge is 2.48. The van der Waals surface area contributed by atoms with Gasteiger partial charge < -0.3 is 46.8 Å². The highest BCUT2D eigenvalue weighted by Crippen LogP contribution is 2.32. The summed E-state index contributed by atoms with van der Waals surface area (Å²) in [5.74, 6) is -3.03. The molecule has 2 saturated heterocycles. The fourth-order valence-corrected chi connectivity index (χ4v) is 9.72. The Labute approximate surface area is 352 Å². The Bertz CT molecular complexity index is 2520. The number of nitrogens with zero attached hydrogens (tertiary/aromatic N) is 2. The van der Waals surface area contributed by atoms with Crippen LogP contribution in [0.2, 0.25) is 0 Å². The van der Waals surface area contributed by atoms with Gasteiger partial charge in [-0.15, -0.1) is 0 Å². The molecule has 1 aliphatic carbocycles. The second-order valence-electron chi connectivity index (χ2n) is 16.9. The number of hydrogen-bond donors (Lipinski definition) is 7. The number of H-pyrrole nitrogens is 2. The Hall–Kier alpha value is -6.48. The molecule has 1 spiro atoms. The van der Waals surface area contributed by atoms with E-state index in [-0.39, 0.29) is 51.2 Å². The van der Waals surface area contributed by atoms with Crippen molar-refractivity contribution in [3.05, 3.63) is 107 Å².